The third-order valence-corrected chi connectivity index (χ3v) is 3.68. The highest BCUT2D eigenvalue weighted by atomic mass is 35.5. The topological polar surface area (TPSA) is 35.5 Å². The molecule has 0 amide bonds. The molecule has 1 aliphatic heterocycles. The van der Waals surface area contributed by atoms with E-state index < -0.39 is 0 Å². The number of carbonyl (C=O) groups excluding carboxylic acids is 1. The lowest BCUT2D eigenvalue weighted by molar-refractivity contribution is -0.132. The molecule has 0 N–H and O–H groups in total. The van der Waals surface area contributed by atoms with Crippen LogP contribution in [0.2, 0.25) is 5.02 Å². The Morgan fingerprint density at radius 3 is 2.85 bits per heavy atom. The zero-order valence-corrected chi connectivity index (χ0v) is 13.0. The predicted molar refractivity (Wildman–Crippen MR) is 79.6 cm³/mol. The highest BCUT2D eigenvalue weighted by molar-refractivity contribution is 6.30. The number of ketones is 1. The molecule has 4 heteroatoms. The van der Waals surface area contributed by atoms with E-state index in [0.717, 1.165) is 23.3 Å². The van der Waals surface area contributed by atoms with Gasteiger partial charge in [-0.3, -0.25) is 4.79 Å². The monoisotopic (exact) mass is 296 g/mol. The quantitative estimate of drug-likeness (QED) is 0.806. The van der Waals surface area contributed by atoms with E-state index in [1.807, 2.05) is 32.9 Å². The predicted octanol–water partition coefficient (Wildman–Crippen LogP) is 3.45. The zero-order valence-electron chi connectivity index (χ0n) is 12.2. The molecule has 0 saturated carbocycles. The smallest absolute Gasteiger partial charge is 0.166 e. The van der Waals surface area contributed by atoms with Crippen LogP contribution >= 0.6 is 11.6 Å². The third-order valence-electron chi connectivity index (χ3n) is 3.46. The first-order valence-electron chi connectivity index (χ1n) is 7.11. The second-order valence-corrected chi connectivity index (χ2v) is 5.85. The molecule has 0 radical (unpaired) electrons. The number of carbonyl (C=O) groups is 1. The minimum Gasteiger partial charge on any atom is -0.493 e. The van der Waals surface area contributed by atoms with E-state index in [2.05, 4.69) is 0 Å². The summed E-state index contributed by atoms with van der Waals surface area (Å²) in [6.07, 6.45) is 0.804. The van der Waals surface area contributed by atoms with E-state index in [4.69, 9.17) is 21.1 Å². The molecule has 1 heterocycles. The fourth-order valence-electron chi connectivity index (χ4n) is 2.60. The van der Waals surface area contributed by atoms with Gasteiger partial charge in [-0.15, -0.1) is 0 Å². The molecular formula is C16H21ClO3. The molecule has 0 fully saturated rings. The largest absolute Gasteiger partial charge is 0.493 e. The van der Waals surface area contributed by atoms with Crippen LogP contribution in [0.4, 0.5) is 0 Å². The van der Waals surface area contributed by atoms with Gasteiger partial charge in [-0.05, 0) is 30.5 Å². The number of hydrogen-bond donors (Lipinski definition) is 0. The van der Waals surface area contributed by atoms with Crippen molar-refractivity contribution in [3.63, 3.8) is 0 Å². The van der Waals surface area contributed by atoms with Crippen molar-refractivity contribution < 1.29 is 14.3 Å². The van der Waals surface area contributed by atoms with E-state index in [1.165, 1.54) is 0 Å². The van der Waals surface area contributed by atoms with Crippen LogP contribution in [-0.2, 0) is 22.4 Å². The highest BCUT2D eigenvalue weighted by Gasteiger charge is 2.25. The summed E-state index contributed by atoms with van der Waals surface area (Å²) in [6, 6.07) is 3.74. The van der Waals surface area contributed by atoms with Crippen molar-refractivity contribution in [3.8, 4) is 5.75 Å². The summed E-state index contributed by atoms with van der Waals surface area (Å²) in [7, 11) is 0. The van der Waals surface area contributed by atoms with Gasteiger partial charge in [-0.1, -0.05) is 25.4 Å². The SMILES string of the molecule is CCOC(C(=O)Cc1cc(Cl)cc2c1OCC2)C(C)C. The van der Waals surface area contributed by atoms with Gasteiger partial charge in [-0.2, -0.15) is 0 Å². The number of benzene rings is 1. The molecule has 3 nitrogen and oxygen atoms in total. The Hall–Kier alpha value is -1.06. The summed E-state index contributed by atoms with van der Waals surface area (Å²) in [6.45, 7) is 7.10. The second-order valence-electron chi connectivity index (χ2n) is 5.41. The maximum atomic E-state index is 12.4. The first-order valence-corrected chi connectivity index (χ1v) is 7.49. The van der Waals surface area contributed by atoms with Crippen molar-refractivity contribution >= 4 is 17.4 Å². The van der Waals surface area contributed by atoms with Crippen LogP contribution in [0.3, 0.4) is 0 Å². The molecule has 0 bridgehead atoms. The van der Waals surface area contributed by atoms with E-state index >= 15 is 0 Å². The van der Waals surface area contributed by atoms with Crippen LogP contribution < -0.4 is 4.74 Å². The van der Waals surface area contributed by atoms with Gasteiger partial charge in [-0.25, -0.2) is 0 Å². The minimum absolute atomic E-state index is 0.0850. The molecule has 1 aliphatic rings. The zero-order chi connectivity index (χ0) is 14.7. The van der Waals surface area contributed by atoms with Gasteiger partial charge < -0.3 is 9.47 Å². The standard InChI is InChI=1S/C16H21ClO3/c1-4-19-15(10(2)3)14(18)9-12-8-13(17)7-11-5-6-20-16(11)12/h7-8,10,15H,4-6,9H2,1-3H3. The average Bonchev–Trinajstić information content (AvgIpc) is 2.83. The Morgan fingerprint density at radius 1 is 1.45 bits per heavy atom. The number of fused-ring (bicyclic) bond motifs is 1. The molecule has 110 valence electrons. The summed E-state index contributed by atoms with van der Waals surface area (Å²) < 4.78 is 11.2. The lowest BCUT2D eigenvalue weighted by atomic mass is 9.96. The first kappa shape index (κ1) is 15.3. The van der Waals surface area contributed by atoms with Gasteiger partial charge in [0.15, 0.2) is 5.78 Å². The van der Waals surface area contributed by atoms with Crippen molar-refractivity contribution in [1.82, 2.24) is 0 Å². The Morgan fingerprint density at radius 2 is 2.20 bits per heavy atom. The Kier molecular flexibility index (Phi) is 5.06. The van der Waals surface area contributed by atoms with Crippen LogP contribution in [0.15, 0.2) is 12.1 Å². The summed E-state index contributed by atoms with van der Waals surface area (Å²) in [4.78, 5) is 12.4. The van der Waals surface area contributed by atoms with Gasteiger partial charge in [0, 0.05) is 30.0 Å². The van der Waals surface area contributed by atoms with Crippen LogP contribution in [0.25, 0.3) is 0 Å². The minimum atomic E-state index is -0.365. The lowest BCUT2D eigenvalue weighted by Gasteiger charge is -2.20. The van der Waals surface area contributed by atoms with Gasteiger partial charge in [0.05, 0.1) is 6.61 Å². The maximum Gasteiger partial charge on any atom is 0.166 e. The highest BCUT2D eigenvalue weighted by Crippen LogP contribution is 2.33. The normalized spacial score (nSPS) is 15.1. The van der Waals surface area contributed by atoms with Crippen LogP contribution in [0.5, 0.6) is 5.75 Å². The van der Waals surface area contributed by atoms with Crippen LogP contribution in [0.1, 0.15) is 31.9 Å². The molecule has 2 rings (SSSR count). The number of ether oxygens (including phenoxy) is 2. The number of Topliss-reactive ketones (excluding diaryl/α,β-unsaturated/α-hetero) is 1. The molecule has 1 unspecified atom stereocenters. The molecule has 20 heavy (non-hydrogen) atoms. The van der Waals surface area contributed by atoms with Crippen LogP contribution in [-0.4, -0.2) is 25.1 Å². The summed E-state index contributed by atoms with van der Waals surface area (Å²) in [5.41, 5.74) is 1.97. The molecule has 0 aromatic heterocycles. The van der Waals surface area contributed by atoms with E-state index in [0.29, 0.717) is 24.7 Å². The third kappa shape index (κ3) is 3.33. The Labute approximate surface area is 125 Å². The molecule has 1 atom stereocenters. The fraction of sp³-hybridized carbons (Fsp3) is 0.562. The molecule has 1 aromatic carbocycles. The van der Waals surface area contributed by atoms with Crippen molar-refractivity contribution in [1.29, 1.82) is 0 Å². The average molecular weight is 297 g/mol. The van der Waals surface area contributed by atoms with E-state index in [-0.39, 0.29) is 17.8 Å². The molecule has 0 spiro atoms. The fourth-order valence-corrected chi connectivity index (χ4v) is 2.87. The van der Waals surface area contributed by atoms with Crippen molar-refractivity contribution in [3.05, 3.63) is 28.3 Å². The van der Waals surface area contributed by atoms with Crippen molar-refractivity contribution in [2.45, 2.75) is 39.7 Å². The molecule has 0 saturated heterocycles. The number of rotatable bonds is 6. The summed E-state index contributed by atoms with van der Waals surface area (Å²) >= 11 is 6.12. The molecule has 0 aliphatic carbocycles. The Bertz CT molecular complexity index is 497. The first-order chi connectivity index (χ1) is 9.52. The van der Waals surface area contributed by atoms with Crippen molar-refractivity contribution in [2.24, 2.45) is 5.92 Å². The van der Waals surface area contributed by atoms with Crippen molar-refractivity contribution in [2.75, 3.05) is 13.2 Å². The van der Waals surface area contributed by atoms with Crippen LogP contribution in [0, 0.1) is 5.92 Å². The maximum absolute atomic E-state index is 12.4. The van der Waals surface area contributed by atoms with E-state index in [9.17, 15) is 4.79 Å². The van der Waals surface area contributed by atoms with E-state index in [1.54, 1.807) is 0 Å². The van der Waals surface area contributed by atoms with Gasteiger partial charge in [0.2, 0.25) is 0 Å². The van der Waals surface area contributed by atoms with Gasteiger partial charge >= 0.3 is 0 Å². The second kappa shape index (κ2) is 6.59. The Balaban J connectivity index is 2.19. The lowest BCUT2D eigenvalue weighted by Crippen LogP contribution is -2.31. The summed E-state index contributed by atoms with van der Waals surface area (Å²) in [5.74, 6) is 1.08. The molecular weight excluding hydrogens is 276 g/mol. The van der Waals surface area contributed by atoms with Gasteiger partial charge in [0.1, 0.15) is 11.9 Å². The van der Waals surface area contributed by atoms with Gasteiger partial charge in [0.25, 0.3) is 0 Å². The number of hydrogen-bond acceptors (Lipinski definition) is 3. The molecule has 1 aromatic rings. The summed E-state index contributed by atoms with van der Waals surface area (Å²) in [5, 5.41) is 0.662. The number of halogens is 1.